The van der Waals surface area contributed by atoms with Gasteiger partial charge in [0.2, 0.25) is 28.6 Å². The number of hydrogen-bond donors (Lipinski definition) is 1. The first-order valence-corrected chi connectivity index (χ1v) is 13.5. The number of ether oxygens (including phenoxy) is 2. The minimum atomic E-state index is -3.81. The first-order valence-electron chi connectivity index (χ1n) is 11.6. The van der Waals surface area contributed by atoms with Gasteiger partial charge in [-0.2, -0.15) is 0 Å². The fourth-order valence-electron chi connectivity index (χ4n) is 3.93. The predicted octanol–water partition coefficient (Wildman–Crippen LogP) is 2.56. The SMILES string of the molecule is CC[C@H](C(=O)NC(C)C)N(CCc1ccccc1)C(=O)CN(c1ccc2c(c1)OCO2)S(C)(=O)=O. The fourth-order valence-corrected chi connectivity index (χ4v) is 4.77. The molecule has 2 aromatic rings. The van der Waals surface area contributed by atoms with Crippen LogP contribution in [0.15, 0.2) is 48.5 Å². The highest BCUT2D eigenvalue weighted by Gasteiger charge is 2.32. The molecule has 0 unspecified atom stereocenters. The minimum absolute atomic E-state index is 0.0486. The van der Waals surface area contributed by atoms with Gasteiger partial charge in [-0.25, -0.2) is 8.42 Å². The van der Waals surface area contributed by atoms with Crippen LogP contribution in [0.2, 0.25) is 0 Å². The second-order valence-corrected chi connectivity index (χ2v) is 10.6. The monoisotopic (exact) mass is 503 g/mol. The van der Waals surface area contributed by atoms with Crippen molar-refractivity contribution in [3.05, 3.63) is 54.1 Å². The van der Waals surface area contributed by atoms with E-state index in [1.165, 1.54) is 11.0 Å². The van der Waals surface area contributed by atoms with E-state index in [1.54, 1.807) is 12.1 Å². The molecular formula is C25H33N3O6S. The highest BCUT2D eigenvalue weighted by molar-refractivity contribution is 7.92. The lowest BCUT2D eigenvalue weighted by Gasteiger charge is -2.33. The van der Waals surface area contributed by atoms with Gasteiger partial charge in [-0.15, -0.1) is 0 Å². The van der Waals surface area contributed by atoms with Crippen LogP contribution in [0, 0.1) is 0 Å². The summed E-state index contributed by atoms with van der Waals surface area (Å²) in [5.74, 6) is 0.189. The maximum Gasteiger partial charge on any atom is 0.244 e. The fraction of sp³-hybridized carbons (Fsp3) is 0.440. The second-order valence-electron chi connectivity index (χ2n) is 8.72. The number of rotatable bonds is 11. The van der Waals surface area contributed by atoms with Crippen molar-refractivity contribution in [2.24, 2.45) is 0 Å². The van der Waals surface area contributed by atoms with Crippen LogP contribution in [-0.4, -0.2) is 63.4 Å². The van der Waals surface area contributed by atoms with E-state index in [9.17, 15) is 18.0 Å². The van der Waals surface area contributed by atoms with Crippen LogP contribution in [0.5, 0.6) is 11.5 Å². The zero-order chi connectivity index (χ0) is 25.6. The highest BCUT2D eigenvalue weighted by atomic mass is 32.2. The van der Waals surface area contributed by atoms with Gasteiger partial charge in [0, 0.05) is 18.7 Å². The zero-order valence-corrected chi connectivity index (χ0v) is 21.4. The number of nitrogens with one attached hydrogen (secondary N) is 1. The summed E-state index contributed by atoms with van der Waals surface area (Å²) in [5.41, 5.74) is 1.30. The van der Waals surface area contributed by atoms with Gasteiger partial charge in [0.25, 0.3) is 0 Å². The molecule has 0 spiro atoms. The molecule has 0 aromatic heterocycles. The Bertz CT molecular complexity index is 1140. The van der Waals surface area contributed by atoms with E-state index in [2.05, 4.69) is 5.32 Å². The van der Waals surface area contributed by atoms with Crippen LogP contribution in [0.4, 0.5) is 5.69 Å². The molecule has 1 atom stereocenters. The van der Waals surface area contributed by atoms with E-state index >= 15 is 0 Å². The third kappa shape index (κ3) is 6.88. The summed E-state index contributed by atoms with van der Waals surface area (Å²) in [6, 6.07) is 13.5. The molecule has 0 bridgehead atoms. The van der Waals surface area contributed by atoms with Crippen LogP contribution in [0.25, 0.3) is 0 Å². The van der Waals surface area contributed by atoms with Gasteiger partial charge >= 0.3 is 0 Å². The molecule has 1 heterocycles. The van der Waals surface area contributed by atoms with Gasteiger partial charge in [0.15, 0.2) is 11.5 Å². The quantitative estimate of drug-likeness (QED) is 0.505. The number of hydrogen-bond acceptors (Lipinski definition) is 6. The molecule has 3 rings (SSSR count). The number of anilines is 1. The number of sulfonamides is 1. The first kappa shape index (κ1) is 26.3. The summed E-state index contributed by atoms with van der Waals surface area (Å²) in [6.45, 7) is 5.41. The molecule has 2 aromatic carbocycles. The maximum absolute atomic E-state index is 13.6. The summed E-state index contributed by atoms with van der Waals surface area (Å²) < 4.78 is 37.1. The first-order chi connectivity index (χ1) is 16.6. The highest BCUT2D eigenvalue weighted by Crippen LogP contribution is 2.36. The zero-order valence-electron chi connectivity index (χ0n) is 20.6. The van der Waals surface area contributed by atoms with Crippen LogP contribution >= 0.6 is 0 Å². The van der Waals surface area contributed by atoms with Crippen molar-refractivity contribution in [3.8, 4) is 11.5 Å². The summed E-state index contributed by atoms with van der Waals surface area (Å²) in [4.78, 5) is 28.0. The smallest absolute Gasteiger partial charge is 0.244 e. The van der Waals surface area contributed by atoms with Crippen molar-refractivity contribution < 1.29 is 27.5 Å². The Labute approximate surface area is 207 Å². The molecule has 1 aliphatic heterocycles. The number of nitrogens with zero attached hydrogens (tertiary/aromatic N) is 2. The molecule has 0 fully saturated rings. The standard InChI is InChI=1S/C25H33N3O6S/c1-5-21(25(30)26-18(2)3)27(14-13-19-9-7-6-8-10-19)24(29)16-28(35(4,31)32)20-11-12-22-23(15-20)34-17-33-22/h6-12,15,18,21H,5,13-14,16-17H2,1-4H3,(H,26,30)/t21-/m1/s1. The van der Waals surface area contributed by atoms with E-state index in [0.29, 0.717) is 24.3 Å². The van der Waals surface area contributed by atoms with Gasteiger partial charge in [-0.1, -0.05) is 37.3 Å². The van der Waals surface area contributed by atoms with Crippen molar-refractivity contribution in [1.29, 1.82) is 0 Å². The summed E-state index contributed by atoms with van der Waals surface area (Å²) in [7, 11) is -3.81. The molecular weight excluding hydrogens is 470 g/mol. The lowest BCUT2D eigenvalue weighted by molar-refractivity contribution is -0.139. The second kappa shape index (κ2) is 11.4. The Morgan fingerprint density at radius 2 is 1.74 bits per heavy atom. The largest absolute Gasteiger partial charge is 0.454 e. The van der Waals surface area contributed by atoms with Crippen LogP contribution in [0.1, 0.15) is 32.8 Å². The molecule has 0 aliphatic carbocycles. The van der Waals surface area contributed by atoms with Crippen LogP contribution in [-0.2, 0) is 26.0 Å². The molecule has 35 heavy (non-hydrogen) atoms. The van der Waals surface area contributed by atoms with E-state index in [0.717, 1.165) is 16.1 Å². The molecule has 2 amide bonds. The van der Waals surface area contributed by atoms with Gasteiger partial charge in [-0.05, 0) is 44.4 Å². The topological polar surface area (TPSA) is 105 Å². The maximum atomic E-state index is 13.6. The summed E-state index contributed by atoms with van der Waals surface area (Å²) >= 11 is 0. The van der Waals surface area contributed by atoms with Gasteiger partial charge < -0.3 is 19.7 Å². The molecule has 0 saturated carbocycles. The van der Waals surface area contributed by atoms with Crippen LogP contribution < -0.4 is 19.1 Å². The molecule has 1 aliphatic rings. The average Bonchev–Trinajstić information content (AvgIpc) is 3.27. The van der Waals surface area contributed by atoms with E-state index in [4.69, 9.17) is 9.47 Å². The number of benzene rings is 2. The lowest BCUT2D eigenvalue weighted by atomic mass is 10.1. The number of carbonyl (C=O) groups is 2. The van der Waals surface area contributed by atoms with E-state index in [1.807, 2.05) is 51.1 Å². The molecule has 1 N–H and O–H groups in total. The van der Waals surface area contributed by atoms with Crippen molar-refractivity contribution in [2.45, 2.75) is 45.7 Å². The van der Waals surface area contributed by atoms with E-state index in [-0.39, 0.29) is 31.0 Å². The molecule has 0 saturated heterocycles. The van der Waals surface area contributed by atoms with Crippen molar-refractivity contribution in [1.82, 2.24) is 10.2 Å². The molecule has 10 heteroatoms. The van der Waals surface area contributed by atoms with Gasteiger partial charge in [0.05, 0.1) is 11.9 Å². The van der Waals surface area contributed by atoms with Crippen molar-refractivity contribution in [2.75, 3.05) is 30.4 Å². The predicted molar refractivity (Wildman–Crippen MR) is 134 cm³/mol. The Hall–Kier alpha value is -3.27. The molecule has 0 radical (unpaired) electrons. The summed E-state index contributed by atoms with van der Waals surface area (Å²) in [5, 5.41) is 2.88. The average molecular weight is 504 g/mol. The lowest BCUT2D eigenvalue weighted by Crippen LogP contribution is -2.54. The van der Waals surface area contributed by atoms with Gasteiger partial charge in [0.1, 0.15) is 12.6 Å². The third-order valence-corrected chi connectivity index (χ3v) is 6.76. The Morgan fingerprint density at radius 3 is 2.37 bits per heavy atom. The van der Waals surface area contributed by atoms with Gasteiger partial charge in [-0.3, -0.25) is 13.9 Å². The summed E-state index contributed by atoms with van der Waals surface area (Å²) in [6.07, 6.45) is 1.96. The molecule has 9 nitrogen and oxygen atoms in total. The normalized spacial score (nSPS) is 13.4. The Kier molecular flexibility index (Phi) is 8.61. The number of fused-ring (bicyclic) bond motifs is 1. The third-order valence-electron chi connectivity index (χ3n) is 5.62. The number of carbonyl (C=O) groups excluding carboxylic acids is 2. The van der Waals surface area contributed by atoms with Crippen molar-refractivity contribution in [3.63, 3.8) is 0 Å². The minimum Gasteiger partial charge on any atom is -0.454 e. The Morgan fingerprint density at radius 1 is 1.06 bits per heavy atom. The molecule has 190 valence electrons. The van der Waals surface area contributed by atoms with Crippen molar-refractivity contribution >= 4 is 27.5 Å². The number of amides is 2. The van der Waals surface area contributed by atoms with Crippen LogP contribution in [0.3, 0.4) is 0 Å². The Balaban J connectivity index is 1.89. The van der Waals surface area contributed by atoms with E-state index < -0.39 is 28.5 Å².